The zero-order chi connectivity index (χ0) is 13.1. The van der Waals surface area contributed by atoms with Gasteiger partial charge in [0.1, 0.15) is 5.15 Å². The minimum atomic E-state index is 0.0134. The van der Waals surface area contributed by atoms with Gasteiger partial charge in [-0.1, -0.05) is 11.6 Å². The summed E-state index contributed by atoms with van der Waals surface area (Å²) in [5.74, 6) is 0.0134. The van der Waals surface area contributed by atoms with Crippen LogP contribution in [0.2, 0.25) is 5.15 Å². The summed E-state index contributed by atoms with van der Waals surface area (Å²) in [5.41, 5.74) is 0.593. The molecule has 1 unspecified atom stereocenters. The summed E-state index contributed by atoms with van der Waals surface area (Å²) in [6.45, 7) is 2.05. The van der Waals surface area contributed by atoms with E-state index in [1.807, 2.05) is 11.9 Å². The molecule has 5 heteroatoms. The first-order chi connectivity index (χ1) is 8.58. The first-order valence-corrected chi connectivity index (χ1v) is 6.53. The molecule has 1 aliphatic heterocycles. The molecule has 1 fully saturated rings. The maximum absolute atomic E-state index is 12.3. The van der Waals surface area contributed by atoms with Crippen LogP contribution in [0, 0.1) is 0 Å². The Bertz CT molecular complexity index is 421. The van der Waals surface area contributed by atoms with Crippen molar-refractivity contribution in [1.82, 2.24) is 14.8 Å². The second-order valence-electron chi connectivity index (χ2n) is 4.84. The Morgan fingerprint density at radius 3 is 2.94 bits per heavy atom. The molecule has 0 N–H and O–H groups in total. The average molecular weight is 268 g/mol. The van der Waals surface area contributed by atoms with E-state index in [2.05, 4.69) is 16.9 Å². The Kier molecular flexibility index (Phi) is 4.19. The maximum Gasteiger partial charge on any atom is 0.255 e. The number of likely N-dealkylation sites (tertiary alicyclic amines) is 1. The highest BCUT2D eigenvalue weighted by molar-refractivity contribution is 6.29. The van der Waals surface area contributed by atoms with Gasteiger partial charge in [-0.05, 0) is 38.6 Å². The van der Waals surface area contributed by atoms with Gasteiger partial charge in [0.05, 0.1) is 5.56 Å². The van der Waals surface area contributed by atoms with Gasteiger partial charge in [0, 0.05) is 25.8 Å². The van der Waals surface area contributed by atoms with E-state index >= 15 is 0 Å². The van der Waals surface area contributed by atoms with Gasteiger partial charge >= 0.3 is 0 Å². The van der Waals surface area contributed by atoms with E-state index in [0.29, 0.717) is 10.7 Å². The quantitative estimate of drug-likeness (QED) is 0.768. The van der Waals surface area contributed by atoms with Crippen LogP contribution in [0.3, 0.4) is 0 Å². The fraction of sp³-hybridized carbons (Fsp3) is 0.538. The average Bonchev–Trinajstić information content (AvgIpc) is 2.38. The number of piperidine rings is 1. The Balaban J connectivity index is 2.06. The first-order valence-electron chi connectivity index (χ1n) is 6.15. The monoisotopic (exact) mass is 267 g/mol. The summed E-state index contributed by atoms with van der Waals surface area (Å²) in [5, 5.41) is 0.409. The highest BCUT2D eigenvalue weighted by Crippen LogP contribution is 2.16. The molecular weight excluding hydrogens is 250 g/mol. The van der Waals surface area contributed by atoms with Crippen molar-refractivity contribution in [3.63, 3.8) is 0 Å². The number of carbonyl (C=O) groups excluding carboxylic acids is 1. The Hall–Kier alpha value is -1.13. The molecule has 1 atom stereocenters. The number of likely N-dealkylation sites (N-methyl/N-ethyl adjacent to an activating group) is 2. The SMILES string of the molecule is CN1CCCC(N(C)C(=O)c2ccc(Cl)nc2)C1. The van der Waals surface area contributed by atoms with Gasteiger partial charge in [0.2, 0.25) is 0 Å². The molecule has 0 bridgehead atoms. The molecule has 1 amide bonds. The fourth-order valence-corrected chi connectivity index (χ4v) is 2.44. The van der Waals surface area contributed by atoms with Crippen molar-refractivity contribution >= 4 is 17.5 Å². The molecule has 2 heterocycles. The summed E-state index contributed by atoms with van der Waals surface area (Å²) < 4.78 is 0. The predicted molar refractivity (Wildman–Crippen MR) is 71.9 cm³/mol. The molecule has 0 aliphatic carbocycles. The zero-order valence-electron chi connectivity index (χ0n) is 10.8. The number of aromatic nitrogens is 1. The topological polar surface area (TPSA) is 36.4 Å². The van der Waals surface area contributed by atoms with Gasteiger partial charge in [-0.3, -0.25) is 4.79 Å². The number of rotatable bonds is 2. The zero-order valence-corrected chi connectivity index (χ0v) is 11.5. The molecule has 1 saturated heterocycles. The number of pyridine rings is 1. The van der Waals surface area contributed by atoms with Crippen LogP contribution in [0.1, 0.15) is 23.2 Å². The van der Waals surface area contributed by atoms with E-state index in [1.165, 1.54) is 6.20 Å². The molecule has 4 nitrogen and oxygen atoms in total. The van der Waals surface area contributed by atoms with Gasteiger partial charge in [0.25, 0.3) is 5.91 Å². The van der Waals surface area contributed by atoms with Crippen molar-refractivity contribution < 1.29 is 4.79 Å². The summed E-state index contributed by atoms with van der Waals surface area (Å²) in [6, 6.07) is 3.66. The summed E-state index contributed by atoms with van der Waals surface area (Å²) in [4.78, 5) is 20.3. The van der Waals surface area contributed by atoms with Crippen molar-refractivity contribution in [2.75, 3.05) is 27.2 Å². The van der Waals surface area contributed by atoms with Gasteiger partial charge in [-0.2, -0.15) is 0 Å². The molecule has 1 aromatic rings. The molecular formula is C13H18ClN3O. The number of hydrogen-bond donors (Lipinski definition) is 0. The van der Waals surface area contributed by atoms with E-state index < -0.39 is 0 Å². The third-order valence-corrected chi connectivity index (χ3v) is 3.67. The molecule has 0 radical (unpaired) electrons. The maximum atomic E-state index is 12.3. The lowest BCUT2D eigenvalue weighted by atomic mass is 10.0. The minimum Gasteiger partial charge on any atom is -0.337 e. The smallest absolute Gasteiger partial charge is 0.255 e. The van der Waals surface area contributed by atoms with Crippen LogP contribution in [-0.4, -0.2) is 53.9 Å². The number of amides is 1. The predicted octanol–water partition coefficient (Wildman–Crippen LogP) is 1.90. The number of halogens is 1. The van der Waals surface area contributed by atoms with Crippen LogP contribution in [0.4, 0.5) is 0 Å². The number of hydrogen-bond acceptors (Lipinski definition) is 3. The Labute approximate surface area is 113 Å². The molecule has 1 aromatic heterocycles. The highest BCUT2D eigenvalue weighted by Gasteiger charge is 2.25. The molecule has 1 aliphatic rings. The molecule has 0 spiro atoms. The second kappa shape index (κ2) is 5.67. The van der Waals surface area contributed by atoms with Crippen LogP contribution in [0.5, 0.6) is 0 Å². The lowest BCUT2D eigenvalue weighted by Crippen LogP contribution is -2.47. The molecule has 98 valence electrons. The van der Waals surface area contributed by atoms with Crippen molar-refractivity contribution in [3.8, 4) is 0 Å². The van der Waals surface area contributed by atoms with Crippen molar-refractivity contribution in [3.05, 3.63) is 29.0 Å². The summed E-state index contributed by atoms with van der Waals surface area (Å²) >= 11 is 5.72. The van der Waals surface area contributed by atoms with Gasteiger partial charge in [0.15, 0.2) is 0 Å². The van der Waals surface area contributed by atoms with Crippen LogP contribution in [-0.2, 0) is 0 Å². The molecule has 0 aromatic carbocycles. The van der Waals surface area contributed by atoms with Crippen molar-refractivity contribution in [2.45, 2.75) is 18.9 Å². The first kappa shape index (κ1) is 13.3. The van der Waals surface area contributed by atoms with Crippen molar-refractivity contribution in [2.24, 2.45) is 0 Å². The standard InChI is InChI=1S/C13H18ClN3O/c1-16-7-3-4-11(9-16)17(2)13(18)10-5-6-12(14)15-8-10/h5-6,8,11H,3-4,7,9H2,1-2H3. The molecule has 18 heavy (non-hydrogen) atoms. The molecule has 0 saturated carbocycles. The van der Waals surface area contributed by atoms with Crippen LogP contribution >= 0.6 is 11.6 Å². The normalized spacial score (nSPS) is 20.7. The van der Waals surface area contributed by atoms with Crippen LogP contribution in [0.25, 0.3) is 0 Å². The van der Waals surface area contributed by atoms with E-state index in [4.69, 9.17) is 11.6 Å². The summed E-state index contributed by atoms with van der Waals surface area (Å²) in [6.07, 6.45) is 3.74. The lowest BCUT2D eigenvalue weighted by Gasteiger charge is -2.35. The summed E-state index contributed by atoms with van der Waals surface area (Å²) in [7, 11) is 3.95. The largest absolute Gasteiger partial charge is 0.337 e. The van der Waals surface area contributed by atoms with E-state index in [9.17, 15) is 4.79 Å². The third-order valence-electron chi connectivity index (χ3n) is 3.44. The van der Waals surface area contributed by atoms with Gasteiger partial charge in [-0.15, -0.1) is 0 Å². The second-order valence-corrected chi connectivity index (χ2v) is 5.23. The minimum absolute atomic E-state index is 0.0134. The van der Waals surface area contributed by atoms with E-state index in [-0.39, 0.29) is 11.9 Å². The fourth-order valence-electron chi connectivity index (χ4n) is 2.33. The van der Waals surface area contributed by atoms with E-state index in [1.54, 1.807) is 12.1 Å². The Morgan fingerprint density at radius 2 is 2.33 bits per heavy atom. The van der Waals surface area contributed by atoms with Crippen LogP contribution < -0.4 is 0 Å². The number of nitrogens with zero attached hydrogens (tertiary/aromatic N) is 3. The Morgan fingerprint density at radius 1 is 1.56 bits per heavy atom. The van der Waals surface area contributed by atoms with Gasteiger partial charge in [-0.25, -0.2) is 4.98 Å². The molecule has 2 rings (SSSR count). The van der Waals surface area contributed by atoms with Gasteiger partial charge < -0.3 is 9.80 Å². The van der Waals surface area contributed by atoms with Crippen molar-refractivity contribution in [1.29, 1.82) is 0 Å². The van der Waals surface area contributed by atoms with Crippen LogP contribution in [0.15, 0.2) is 18.3 Å². The number of carbonyl (C=O) groups is 1. The highest BCUT2D eigenvalue weighted by atomic mass is 35.5. The van der Waals surface area contributed by atoms with E-state index in [0.717, 1.165) is 25.9 Å². The lowest BCUT2D eigenvalue weighted by molar-refractivity contribution is 0.0643. The third kappa shape index (κ3) is 3.00.